The predicted octanol–water partition coefficient (Wildman–Crippen LogP) is 1.07. The summed E-state index contributed by atoms with van der Waals surface area (Å²) >= 11 is 0. The highest BCUT2D eigenvalue weighted by molar-refractivity contribution is 7.90. The number of nitriles is 1. The molecule has 1 amide bonds. The molecule has 0 aliphatic carbocycles. The van der Waals surface area contributed by atoms with Crippen LogP contribution in [-0.2, 0) is 20.0 Å². The minimum Gasteiger partial charge on any atom is -0.268 e. The summed E-state index contributed by atoms with van der Waals surface area (Å²) in [6, 6.07) is 12.2. The topological polar surface area (TPSA) is 124 Å². The van der Waals surface area contributed by atoms with Gasteiger partial charge in [-0.25, -0.2) is 21.6 Å². The van der Waals surface area contributed by atoms with Crippen molar-refractivity contribution in [2.75, 3.05) is 13.1 Å². The third kappa shape index (κ3) is 3.85. The Morgan fingerprint density at radius 3 is 2.19 bits per heavy atom. The van der Waals surface area contributed by atoms with E-state index in [9.17, 15) is 21.6 Å². The molecule has 2 aromatic rings. The summed E-state index contributed by atoms with van der Waals surface area (Å²) in [5, 5.41) is 8.76. The maximum absolute atomic E-state index is 12.5. The normalized spacial score (nSPS) is 14.8. The van der Waals surface area contributed by atoms with E-state index in [2.05, 4.69) is 0 Å². The van der Waals surface area contributed by atoms with E-state index >= 15 is 0 Å². The molecule has 1 aliphatic heterocycles. The number of amides is 1. The molecule has 1 aliphatic rings. The van der Waals surface area contributed by atoms with Crippen LogP contribution in [0.3, 0.4) is 0 Å². The van der Waals surface area contributed by atoms with Gasteiger partial charge in [0.25, 0.3) is 15.9 Å². The number of nitrogens with zero attached hydrogens (tertiary/aromatic N) is 2. The summed E-state index contributed by atoms with van der Waals surface area (Å²) in [5.74, 6) is -0.879. The molecule has 0 bridgehead atoms. The van der Waals surface area contributed by atoms with Crippen molar-refractivity contribution in [3.63, 3.8) is 0 Å². The van der Waals surface area contributed by atoms with Gasteiger partial charge in [0, 0.05) is 18.7 Å². The smallest absolute Gasteiger partial charge is 0.264 e. The van der Waals surface area contributed by atoms with Gasteiger partial charge in [-0.05, 0) is 48.9 Å². The Morgan fingerprint density at radius 2 is 1.63 bits per heavy atom. The quantitative estimate of drug-likeness (QED) is 0.793. The zero-order chi connectivity index (χ0) is 19.7. The van der Waals surface area contributed by atoms with Crippen molar-refractivity contribution in [3.05, 3.63) is 59.7 Å². The highest BCUT2D eigenvalue weighted by Crippen LogP contribution is 2.23. The van der Waals surface area contributed by atoms with Gasteiger partial charge in [-0.1, -0.05) is 6.07 Å². The second-order valence-electron chi connectivity index (χ2n) is 5.86. The summed E-state index contributed by atoms with van der Waals surface area (Å²) < 4.78 is 53.0. The SMILES string of the molecule is N#Cc1ccc(C(=O)NS(=O)(=O)c2cccc(S(=O)(=O)N3CCC3)c2)cc1. The van der Waals surface area contributed by atoms with Gasteiger partial charge in [-0.15, -0.1) is 0 Å². The van der Waals surface area contributed by atoms with E-state index < -0.39 is 26.0 Å². The highest BCUT2D eigenvalue weighted by Gasteiger charge is 2.30. The minimum absolute atomic E-state index is 0.0573. The largest absolute Gasteiger partial charge is 0.268 e. The van der Waals surface area contributed by atoms with Crippen molar-refractivity contribution >= 4 is 26.0 Å². The number of sulfonamides is 2. The van der Waals surface area contributed by atoms with E-state index in [4.69, 9.17) is 5.26 Å². The second kappa shape index (κ2) is 7.11. The Balaban J connectivity index is 1.85. The lowest BCUT2D eigenvalue weighted by Crippen LogP contribution is -2.42. The molecule has 0 unspecified atom stereocenters. The van der Waals surface area contributed by atoms with Crippen molar-refractivity contribution < 1.29 is 21.6 Å². The van der Waals surface area contributed by atoms with Crippen LogP contribution in [0.2, 0.25) is 0 Å². The fourth-order valence-corrected chi connectivity index (χ4v) is 5.07. The third-order valence-electron chi connectivity index (χ3n) is 4.07. The van der Waals surface area contributed by atoms with Crippen LogP contribution in [0.15, 0.2) is 58.3 Å². The predicted molar refractivity (Wildman–Crippen MR) is 95.6 cm³/mol. The number of hydrogen-bond acceptors (Lipinski definition) is 6. The highest BCUT2D eigenvalue weighted by atomic mass is 32.2. The van der Waals surface area contributed by atoms with E-state index in [1.54, 1.807) is 0 Å². The van der Waals surface area contributed by atoms with Crippen LogP contribution in [0.4, 0.5) is 0 Å². The molecule has 1 N–H and O–H groups in total. The van der Waals surface area contributed by atoms with E-state index in [0.717, 1.165) is 12.5 Å². The fraction of sp³-hybridized carbons (Fsp3) is 0.176. The van der Waals surface area contributed by atoms with Crippen molar-refractivity contribution in [2.24, 2.45) is 0 Å². The summed E-state index contributed by atoms with van der Waals surface area (Å²) in [6.45, 7) is 0.795. The first kappa shape index (κ1) is 19.0. The molecule has 1 fully saturated rings. The molecule has 8 nitrogen and oxygen atoms in total. The third-order valence-corrected chi connectivity index (χ3v) is 7.30. The molecule has 3 rings (SSSR count). The van der Waals surface area contributed by atoms with Crippen LogP contribution in [0.25, 0.3) is 0 Å². The van der Waals surface area contributed by atoms with Gasteiger partial charge in [-0.2, -0.15) is 9.57 Å². The van der Waals surface area contributed by atoms with Gasteiger partial charge in [0.15, 0.2) is 0 Å². The molecular weight excluding hydrogens is 390 g/mol. The minimum atomic E-state index is -4.27. The van der Waals surface area contributed by atoms with Gasteiger partial charge in [0.2, 0.25) is 10.0 Å². The summed E-state index contributed by atoms with van der Waals surface area (Å²) in [4.78, 5) is 11.7. The van der Waals surface area contributed by atoms with Crippen LogP contribution in [0, 0.1) is 11.3 Å². The fourth-order valence-electron chi connectivity index (χ4n) is 2.41. The Labute approximate surface area is 157 Å². The zero-order valence-electron chi connectivity index (χ0n) is 14.0. The number of carbonyl (C=O) groups excluding carboxylic acids is 1. The number of rotatable bonds is 5. The number of nitrogens with one attached hydrogen (secondary N) is 1. The van der Waals surface area contributed by atoms with Crippen molar-refractivity contribution in [1.29, 1.82) is 5.26 Å². The molecule has 2 aromatic carbocycles. The van der Waals surface area contributed by atoms with E-state index in [-0.39, 0.29) is 15.4 Å². The van der Waals surface area contributed by atoms with Crippen LogP contribution in [0.1, 0.15) is 22.3 Å². The van der Waals surface area contributed by atoms with Gasteiger partial charge in [0.05, 0.1) is 21.4 Å². The number of hydrogen-bond donors (Lipinski definition) is 1. The van der Waals surface area contributed by atoms with Crippen molar-refractivity contribution in [1.82, 2.24) is 9.03 Å². The summed E-state index contributed by atoms with van der Waals surface area (Å²) in [6.07, 6.45) is 0.762. The van der Waals surface area contributed by atoms with Crippen LogP contribution < -0.4 is 4.72 Å². The average molecular weight is 405 g/mol. The molecule has 0 radical (unpaired) electrons. The Hall–Kier alpha value is -2.74. The monoisotopic (exact) mass is 405 g/mol. The number of carbonyl (C=O) groups is 1. The molecule has 0 atom stereocenters. The maximum atomic E-state index is 12.5. The van der Waals surface area contributed by atoms with E-state index in [1.807, 2.05) is 10.8 Å². The first-order valence-corrected chi connectivity index (χ1v) is 10.8. The van der Waals surface area contributed by atoms with Crippen molar-refractivity contribution in [3.8, 4) is 6.07 Å². The summed E-state index contributed by atoms with van der Waals surface area (Å²) in [7, 11) is -8.02. The lowest BCUT2D eigenvalue weighted by molar-refractivity contribution is 0.0981. The van der Waals surface area contributed by atoms with Gasteiger partial charge in [-0.3, -0.25) is 4.79 Å². The summed E-state index contributed by atoms with van der Waals surface area (Å²) in [5.41, 5.74) is 0.389. The molecule has 0 saturated carbocycles. The van der Waals surface area contributed by atoms with Gasteiger partial charge >= 0.3 is 0 Å². The second-order valence-corrected chi connectivity index (χ2v) is 9.48. The Bertz CT molecular complexity index is 1130. The average Bonchev–Trinajstić information content (AvgIpc) is 2.59. The van der Waals surface area contributed by atoms with E-state index in [0.29, 0.717) is 18.7 Å². The molecule has 27 heavy (non-hydrogen) atoms. The molecule has 0 spiro atoms. The maximum Gasteiger partial charge on any atom is 0.264 e. The zero-order valence-corrected chi connectivity index (χ0v) is 15.6. The molecule has 1 saturated heterocycles. The van der Waals surface area contributed by atoms with Crippen LogP contribution >= 0.6 is 0 Å². The first-order chi connectivity index (χ1) is 12.7. The van der Waals surface area contributed by atoms with Gasteiger partial charge in [0.1, 0.15) is 0 Å². The molecular formula is C17H15N3O5S2. The Morgan fingerprint density at radius 1 is 1.00 bits per heavy atom. The van der Waals surface area contributed by atoms with Crippen LogP contribution in [0.5, 0.6) is 0 Å². The molecule has 10 heteroatoms. The van der Waals surface area contributed by atoms with Gasteiger partial charge < -0.3 is 0 Å². The number of benzene rings is 2. The van der Waals surface area contributed by atoms with Crippen LogP contribution in [-0.4, -0.2) is 40.1 Å². The standard InChI is InChI=1S/C17H15N3O5S2/c18-12-13-5-7-14(8-6-13)17(21)19-26(22,23)15-3-1-4-16(11-15)27(24,25)20-9-2-10-20/h1,3-8,11H,2,9-10H2,(H,19,21). The Kier molecular flexibility index (Phi) is 5.01. The molecule has 1 heterocycles. The van der Waals surface area contributed by atoms with Crippen molar-refractivity contribution in [2.45, 2.75) is 16.2 Å². The lowest BCUT2D eigenvalue weighted by atomic mass is 10.1. The molecule has 0 aromatic heterocycles. The van der Waals surface area contributed by atoms with E-state index in [1.165, 1.54) is 46.8 Å². The first-order valence-electron chi connectivity index (χ1n) is 7.91. The lowest BCUT2D eigenvalue weighted by Gasteiger charge is -2.29. The molecule has 140 valence electrons.